The number of urea groups is 1. The second-order valence-electron chi connectivity index (χ2n) is 6.00. The first-order valence-corrected chi connectivity index (χ1v) is 7.64. The number of hydrogen-bond acceptors (Lipinski definition) is 3. The fourth-order valence-electron chi connectivity index (χ4n) is 2.02. The minimum Gasteiger partial charge on any atom is -0.338 e. The number of carbonyl (C=O) groups excluding carboxylic acids is 1. The van der Waals surface area contributed by atoms with E-state index in [0.717, 1.165) is 32.6 Å². The maximum Gasteiger partial charge on any atom is 0.317 e. The third kappa shape index (κ3) is 7.70. The lowest BCUT2D eigenvalue weighted by Gasteiger charge is -2.26. The van der Waals surface area contributed by atoms with Crippen LogP contribution in [0.25, 0.3) is 0 Å². The first-order chi connectivity index (χ1) is 9.99. The van der Waals surface area contributed by atoms with E-state index in [4.69, 9.17) is 0 Å². The standard InChI is InChI=1S/C15H29N5O/c1-14(2)13-19(12-11-18(3)4)15(21)16-7-5-9-20-10-6-8-17-20/h6,8,10,14H,5,7,9,11-13H2,1-4H3,(H,16,21). The third-order valence-electron chi connectivity index (χ3n) is 3.09. The second kappa shape index (κ2) is 9.39. The lowest BCUT2D eigenvalue weighted by molar-refractivity contribution is 0.184. The molecule has 0 aliphatic rings. The molecule has 6 nitrogen and oxygen atoms in total. The molecule has 0 saturated carbocycles. The van der Waals surface area contributed by atoms with Crippen LogP contribution >= 0.6 is 0 Å². The summed E-state index contributed by atoms with van der Waals surface area (Å²) in [6.45, 7) is 8.20. The molecule has 21 heavy (non-hydrogen) atoms. The highest BCUT2D eigenvalue weighted by atomic mass is 16.2. The van der Waals surface area contributed by atoms with Gasteiger partial charge in [0.2, 0.25) is 0 Å². The van der Waals surface area contributed by atoms with Gasteiger partial charge in [0.15, 0.2) is 0 Å². The SMILES string of the molecule is CC(C)CN(CCN(C)C)C(=O)NCCCn1cccn1. The topological polar surface area (TPSA) is 53.4 Å². The van der Waals surface area contributed by atoms with Crippen molar-refractivity contribution in [2.24, 2.45) is 5.92 Å². The van der Waals surface area contributed by atoms with Crippen LogP contribution in [0.2, 0.25) is 0 Å². The summed E-state index contributed by atoms with van der Waals surface area (Å²) in [6, 6.07) is 1.94. The van der Waals surface area contributed by atoms with Crippen molar-refractivity contribution in [1.82, 2.24) is 24.9 Å². The molecule has 1 rings (SSSR count). The van der Waals surface area contributed by atoms with Gasteiger partial charge in [0.1, 0.15) is 0 Å². The number of hydrogen-bond donors (Lipinski definition) is 1. The van der Waals surface area contributed by atoms with Gasteiger partial charge < -0.3 is 15.1 Å². The van der Waals surface area contributed by atoms with Crippen molar-refractivity contribution in [2.45, 2.75) is 26.8 Å². The van der Waals surface area contributed by atoms with Crippen molar-refractivity contribution in [2.75, 3.05) is 40.3 Å². The Labute approximate surface area is 128 Å². The molecule has 0 spiro atoms. The summed E-state index contributed by atoms with van der Waals surface area (Å²) in [6.07, 6.45) is 4.59. The summed E-state index contributed by atoms with van der Waals surface area (Å²) in [7, 11) is 4.05. The van der Waals surface area contributed by atoms with Crippen molar-refractivity contribution in [3.63, 3.8) is 0 Å². The zero-order chi connectivity index (χ0) is 15.7. The van der Waals surface area contributed by atoms with E-state index >= 15 is 0 Å². The lowest BCUT2D eigenvalue weighted by atomic mass is 10.2. The number of carbonyl (C=O) groups is 1. The summed E-state index contributed by atoms with van der Waals surface area (Å²) in [4.78, 5) is 16.2. The molecule has 0 saturated heterocycles. The molecule has 1 aromatic rings. The van der Waals surface area contributed by atoms with Gasteiger partial charge in [-0.3, -0.25) is 4.68 Å². The quantitative estimate of drug-likeness (QED) is 0.703. The van der Waals surface area contributed by atoms with Crippen LogP contribution in [0.1, 0.15) is 20.3 Å². The molecule has 120 valence electrons. The number of rotatable bonds is 9. The van der Waals surface area contributed by atoms with Gasteiger partial charge in [-0.25, -0.2) is 4.79 Å². The Bertz CT molecular complexity index is 389. The van der Waals surface area contributed by atoms with Crippen LogP contribution in [0.4, 0.5) is 4.79 Å². The maximum absolute atomic E-state index is 12.2. The predicted octanol–water partition coefficient (Wildman–Crippen LogP) is 1.50. The summed E-state index contributed by atoms with van der Waals surface area (Å²) in [5, 5.41) is 7.15. The molecule has 1 aromatic heterocycles. The zero-order valence-corrected chi connectivity index (χ0v) is 13.7. The number of likely N-dealkylation sites (N-methyl/N-ethyl adjacent to an activating group) is 1. The number of nitrogens with one attached hydrogen (secondary N) is 1. The van der Waals surface area contributed by atoms with Gasteiger partial charge in [0.05, 0.1) is 0 Å². The molecule has 1 N–H and O–H groups in total. The molecular weight excluding hydrogens is 266 g/mol. The lowest BCUT2D eigenvalue weighted by Crippen LogP contribution is -2.45. The summed E-state index contributed by atoms with van der Waals surface area (Å²) >= 11 is 0. The van der Waals surface area contributed by atoms with Crippen LogP contribution in [0.3, 0.4) is 0 Å². The molecule has 0 unspecified atom stereocenters. The van der Waals surface area contributed by atoms with Gasteiger partial charge in [-0.1, -0.05) is 13.8 Å². The number of aromatic nitrogens is 2. The Morgan fingerprint density at radius 3 is 2.67 bits per heavy atom. The predicted molar refractivity (Wildman–Crippen MR) is 85.2 cm³/mol. The fourth-order valence-corrected chi connectivity index (χ4v) is 2.02. The first-order valence-electron chi connectivity index (χ1n) is 7.64. The second-order valence-corrected chi connectivity index (χ2v) is 6.00. The number of aryl methyl sites for hydroxylation is 1. The van der Waals surface area contributed by atoms with E-state index in [1.807, 2.05) is 35.9 Å². The minimum absolute atomic E-state index is 0.0333. The van der Waals surface area contributed by atoms with Gasteiger partial charge in [0.25, 0.3) is 0 Å². The fraction of sp³-hybridized carbons (Fsp3) is 0.733. The van der Waals surface area contributed by atoms with Crippen molar-refractivity contribution in [3.8, 4) is 0 Å². The summed E-state index contributed by atoms with van der Waals surface area (Å²) < 4.78 is 1.88. The van der Waals surface area contributed by atoms with Gasteiger partial charge in [-0.15, -0.1) is 0 Å². The van der Waals surface area contributed by atoms with Gasteiger partial charge in [0, 0.05) is 45.1 Å². The summed E-state index contributed by atoms with van der Waals surface area (Å²) in [5.41, 5.74) is 0. The Morgan fingerprint density at radius 1 is 1.33 bits per heavy atom. The molecule has 0 radical (unpaired) electrons. The van der Waals surface area contributed by atoms with Crippen molar-refractivity contribution in [3.05, 3.63) is 18.5 Å². The molecule has 2 amide bonds. The van der Waals surface area contributed by atoms with Gasteiger partial charge in [-0.2, -0.15) is 5.10 Å². The van der Waals surface area contributed by atoms with Crippen LogP contribution in [0, 0.1) is 5.92 Å². The monoisotopic (exact) mass is 295 g/mol. The Kier molecular flexibility index (Phi) is 7.82. The van der Waals surface area contributed by atoms with Crippen LogP contribution in [0.5, 0.6) is 0 Å². The van der Waals surface area contributed by atoms with E-state index in [-0.39, 0.29) is 6.03 Å². The number of amides is 2. The highest BCUT2D eigenvalue weighted by Crippen LogP contribution is 2.00. The highest BCUT2D eigenvalue weighted by Gasteiger charge is 2.14. The smallest absolute Gasteiger partial charge is 0.317 e. The Morgan fingerprint density at radius 2 is 2.10 bits per heavy atom. The minimum atomic E-state index is 0.0333. The number of nitrogens with zero attached hydrogens (tertiary/aromatic N) is 4. The highest BCUT2D eigenvalue weighted by molar-refractivity contribution is 5.74. The molecule has 0 bridgehead atoms. The molecule has 6 heteroatoms. The average Bonchev–Trinajstić information content (AvgIpc) is 2.92. The van der Waals surface area contributed by atoms with E-state index in [0.29, 0.717) is 12.5 Å². The van der Waals surface area contributed by atoms with Crippen LogP contribution < -0.4 is 5.32 Å². The van der Waals surface area contributed by atoms with Crippen LogP contribution in [-0.4, -0.2) is 65.9 Å². The molecule has 0 aliphatic heterocycles. The van der Waals surface area contributed by atoms with Crippen LogP contribution in [-0.2, 0) is 6.54 Å². The van der Waals surface area contributed by atoms with E-state index in [1.54, 1.807) is 6.20 Å². The van der Waals surface area contributed by atoms with E-state index in [9.17, 15) is 4.79 Å². The van der Waals surface area contributed by atoms with Gasteiger partial charge in [-0.05, 0) is 32.5 Å². The summed E-state index contributed by atoms with van der Waals surface area (Å²) in [5.74, 6) is 0.474. The average molecular weight is 295 g/mol. The normalized spacial score (nSPS) is 11.1. The molecule has 0 aliphatic carbocycles. The van der Waals surface area contributed by atoms with E-state index in [1.165, 1.54) is 0 Å². The van der Waals surface area contributed by atoms with Crippen molar-refractivity contribution < 1.29 is 4.79 Å². The Hall–Kier alpha value is -1.56. The molecule has 0 atom stereocenters. The largest absolute Gasteiger partial charge is 0.338 e. The maximum atomic E-state index is 12.2. The van der Waals surface area contributed by atoms with Crippen molar-refractivity contribution >= 4 is 6.03 Å². The van der Waals surface area contributed by atoms with Crippen molar-refractivity contribution in [1.29, 1.82) is 0 Å². The zero-order valence-electron chi connectivity index (χ0n) is 13.7. The first kappa shape index (κ1) is 17.5. The third-order valence-corrected chi connectivity index (χ3v) is 3.09. The Balaban J connectivity index is 2.29. The molecular formula is C15H29N5O. The van der Waals surface area contributed by atoms with Crippen LogP contribution in [0.15, 0.2) is 18.5 Å². The van der Waals surface area contributed by atoms with E-state index < -0.39 is 0 Å². The van der Waals surface area contributed by atoms with E-state index in [2.05, 4.69) is 29.2 Å². The molecule has 0 aromatic carbocycles. The molecule has 0 fully saturated rings. The van der Waals surface area contributed by atoms with Gasteiger partial charge >= 0.3 is 6.03 Å². The molecule has 1 heterocycles.